The molecule has 21 heavy (non-hydrogen) atoms. The quantitative estimate of drug-likeness (QED) is 0.848. The molecule has 1 amide bonds. The minimum atomic E-state index is 0.131. The third-order valence-corrected chi connectivity index (χ3v) is 5.65. The molecule has 1 aliphatic carbocycles. The van der Waals surface area contributed by atoms with Gasteiger partial charge in [0.25, 0.3) is 0 Å². The van der Waals surface area contributed by atoms with E-state index in [1.54, 1.807) is 22.7 Å². The van der Waals surface area contributed by atoms with Gasteiger partial charge in [-0.1, -0.05) is 6.07 Å². The van der Waals surface area contributed by atoms with Crippen molar-refractivity contribution in [3.8, 4) is 0 Å². The predicted octanol–water partition coefficient (Wildman–Crippen LogP) is 3.40. The van der Waals surface area contributed by atoms with E-state index in [1.165, 1.54) is 28.2 Å². The topological polar surface area (TPSA) is 32.3 Å². The van der Waals surface area contributed by atoms with Gasteiger partial charge in [-0.05, 0) is 48.2 Å². The monoisotopic (exact) mass is 320 g/mol. The number of carbonyl (C=O) groups is 1. The van der Waals surface area contributed by atoms with Gasteiger partial charge < -0.3 is 5.32 Å². The summed E-state index contributed by atoms with van der Waals surface area (Å²) in [6.45, 7) is 4.14. The molecule has 0 radical (unpaired) electrons. The molecule has 3 nitrogen and oxygen atoms in total. The van der Waals surface area contributed by atoms with E-state index in [-0.39, 0.29) is 5.91 Å². The van der Waals surface area contributed by atoms with Crippen molar-refractivity contribution in [1.82, 2.24) is 10.2 Å². The van der Waals surface area contributed by atoms with E-state index in [1.807, 2.05) is 0 Å². The second-order valence-corrected chi connectivity index (χ2v) is 7.55. The highest BCUT2D eigenvalue weighted by Crippen LogP contribution is 2.28. The largest absolute Gasteiger partial charge is 0.350 e. The van der Waals surface area contributed by atoms with Crippen molar-refractivity contribution in [2.24, 2.45) is 0 Å². The van der Waals surface area contributed by atoms with Gasteiger partial charge in [-0.3, -0.25) is 9.69 Å². The van der Waals surface area contributed by atoms with Gasteiger partial charge in [-0.2, -0.15) is 0 Å². The summed E-state index contributed by atoms with van der Waals surface area (Å²) >= 11 is 3.47. The number of amides is 1. The first-order chi connectivity index (χ1) is 10.2. The molecule has 1 saturated carbocycles. The molecule has 112 valence electrons. The fourth-order valence-electron chi connectivity index (χ4n) is 2.36. The third kappa shape index (κ3) is 4.15. The van der Waals surface area contributed by atoms with Crippen molar-refractivity contribution in [2.45, 2.75) is 38.9 Å². The standard InChI is InChI=1S/C16H20N2OS2/c1-12-6-8-21-15(12)9-17-16(19)11-18(13-4-5-13)10-14-3-2-7-20-14/h2-3,6-8,13H,4-5,9-11H2,1H3,(H,17,19). The Balaban J connectivity index is 1.51. The number of nitrogens with zero attached hydrogens (tertiary/aromatic N) is 1. The number of aryl methyl sites for hydroxylation is 1. The van der Waals surface area contributed by atoms with Gasteiger partial charge in [0, 0.05) is 22.3 Å². The van der Waals surface area contributed by atoms with Crippen LogP contribution in [-0.2, 0) is 17.9 Å². The zero-order valence-electron chi connectivity index (χ0n) is 12.2. The van der Waals surface area contributed by atoms with Crippen molar-refractivity contribution < 1.29 is 4.79 Å². The highest BCUT2D eigenvalue weighted by molar-refractivity contribution is 7.10. The fourth-order valence-corrected chi connectivity index (χ4v) is 3.94. The van der Waals surface area contributed by atoms with Gasteiger partial charge >= 0.3 is 0 Å². The van der Waals surface area contributed by atoms with Crippen LogP contribution in [0.5, 0.6) is 0 Å². The van der Waals surface area contributed by atoms with Crippen LogP contribution in [0.2, 0.25) is 0 Å². The van der Waals surface area contributed by atoms with E-state index in [0.29, 0.717) is 19.1 Å². The second-order valence-electron chi connectivity index (χ2n) is 5.52. The molecule has 1 aliphatic rings. The first-order valence-electron chi connectivity index (χ1n) is 7.28. The zero-order chi connectivity index (χ0) is 14.7. The van der Waals surface area contributed by atoms with Crippen LogP contribution in [0.25, 0.3) is 0 Å². The molecule has 1 fully saturated rings. The summed E-state index contributed by atoms with van der Waals surface area (Å²) in [5, 5.41) is 7.22. The van der Waals surface area contributed by atoms with Crippen molar-refractivity contribution >= 4 is 28.6 Å². The van der Waals surface area contributed by atoms with E-state index in [9.17, 15) is 4.79 Å². The summed E-state index contributed by atoms with van der Waals surface area (Å²) < 4.78 is 0. The summed E-state index contributed by atoms with van der Waals surface area (Å²) in [5.74, 6) is 0.131. The maximum absolute atomic E-state index is 12.2. The minimum absolute atomic E-state index is 0.131. The second kappa shape index (κ2) is 6.73. The average molecular weight is 320 g/mol. The van der Waals surface area contributed by atoms with E-state index < -0.39 is 0 Å². The van der Waals surface area contributed by atoms with Gasteiger partial charge in [0.1, 0.15) is 0 Å². The maximum atomic E-state index is 12.2. The number of hydrogen-bond acceptors (Lipinski definition) is 4. The molecule has 5 heteroatoms. The minimum Gasteiger partial charge on any atom is -0.350 e. The van der Waals surface area contributed by atoms with Crippen LogP contribution in [0.4, 0.5) is 0 Å². The number of rotatable bonds is 7. The molecular weight excluding hydrogens is 300 g/mol. The van der Waals surface area contributed by atoms with Crippen LogP contribution >= 0.6 is 22.7 Å². The summed E-state index contributed by atoms with van der Waals surface area (Å²) in [7, 11) is 0. The summed E-state index contributed by atoms with van der Waals surface area (Å²) in [4.78, 5) is 17.1. The van der Waals surface area contributed by atoms with E-state index >= 15 is 0 Å². The molecule has 0 unspecified atom stereocenters. The first-order valence-corrected chi connectivity index (χ1v) is 9.04. The molecule has 0 saturated heterocycles. The van der Waals surface area contributed by atoms with Crippen molar-refractivity contribution in [2.75, 3.05) is 6.54 Å². The van der Waals surface area contributed by atoms with Crippen LogP contribution in [0.3, 0.4) is 0 Å². The van der Waals surface area contributed by atoms with Crippen molar-refractivity contribution in [1.29, 1.82) is 0 Å². The molecule has 2 heterocycles. The Hall–Kier alpha value is -1.17. The molecule has 0 spiro atoms. The van der Waals surface area contributed by atoms with E-state index in [2.05, 4.69) is 46.1 Å². The molecule has 3 rings (SSSR count). The lowest BCUT2D eigenvalue weighted by Gasteiger charge is -2.20. The lowest BCUT2D eigenvalue weighted by Crippen LogP contribution is -2.37. The third-order valence-electron chi connectivity index (χ3n) is 3.76. The van der Waals surface area contributed by atoms with Crippen molar-refractivity contribution in [3.63, 3.8) is 0 Å². The Kier molecular flexibility index (Phi) is 4.73. The Morgan fingerprint density at radius 3 is 2.81 bits per heavy atom. The molecule has 0 bridgehead atoms. The zero-order valence-corrected chi connectivity index (χ0v) is 13.8. The Labute approximate surface area is 133 Å². The Morgan fingerprint density at radius 2 is 2.19 bits per heavy atom. The fraction of sp³-hybridized carbons (Fsp3) is 0.438. The smallest absolute Gasteiger partial charge is 0.234 e. The number of hydrogen-bond donors (Lipinski definition) is 1. The van der Waals surface area contributed by atoms with Gasteiger partial charge in [0.15, 0.2) is 0 Å². The summed E-state index contributed by atoms with van der Waals surface area (Å²) in [5.41, 5.74) is 1.26. The number of thiophene rings is 2. The predicted molar refractivity (Wildman–Crippen MR) is 88.7 cm³/mol. The Morgan fingerprint density at radius 1 is 1.33 bits per heavy atom. The van der Waals surface area contributed by atoms with Crippen molar-refractivity contribution in [3.05, 3.63) is 44.3 Å². The lowest BCUT2D eigenvalue weighted by molar-refractivity contribution is -0.122. The first kappa shape index (κ1) is 14.8. The van der Waals surface area contributed by atoms with Crippen LogP contribution in [0, 0.1) is 6.92 Å². The van der Waals surface area contributed by atoms with Gasteiger partial charge in [0.05, 0.1) is 13.1 Å². The van der Waals surface area contributed by atoms with Gasteiger partial charge in [0.2, 0.25) is 5.91 Å². The SMILES string of the molecule is Cc1ccsc1CNC(=O)CN(Cc1cccs1)C1CC1. The molecule has 0 atom stereocenters. The molecule has 2 aromatic heterocycles. The van der Waals surface area contributed by atoms with Gasteiger partial charge in [-0.15, -0.1) is 22.7 Å². The average Bonchev–Trinajstić information content (AvgIpc) is 3.04. The summed E-state index contributed by atoms with van der Waals surface area (Å²) in [6, 6.07) is 6.92. The summed E-state index contributed by atoms with van der Waals surface area (Å²) in [6.07, 6.45) is 2.45. The number of carbonyl (C=O) groups excluding carboxylic acids is 1. The van der Waals surface area contributed by atoms with Gasteiger partial charge in [-0.25, -0.2) is 0 Å². The Bertz CT molecular complexity index is 587. The molecule has 1 N–H and O–H groups in total. The lowest BCUT2D eigenvalue weighted by atomic mass is 10.3. The van der Waals surface area contributed by atoms with Crippen LogP contribution in [-0.4, -0.2) is 23.4 Å². The number of nitrogens with one attached hydrogen (secondary N) is 1. The highest BCUT2D eigenvalue weighted by Gasteiger charge is 2.30. The molecular formula is C16H20N2OS2. The molecule has 2 aromatic rings. The molecule has 0 aliphatic heterocycles. The maximum Gasteiger partial charge on any atom is 0.234 e. The van der Waals surface area contributed by atoms with Crippen LogP contribution in [0.1, 0.15) is 28.2 Å². The highest BCUT2D eigenvalue weighted by atomic mass is 32.1. The van der Waals surface area contributed by atoms with Crippen LogP contribution in [0.15, 0.2) is 29.0 Å². The van der Waals surface area contributed by atoms with Crippen LogP contribution < -0.4 is 5.32 Å². The van der Waals surface area contributed by atoms with E-state index in [0.717, 1.165) is 6.54 Å². The molecule has 0 aromatic carbocycles. The normalized spacial score (nSPS) is 14.6. The van der Waals surface area contributed by atoms with E-state index in [4.69, 9.17) is 0 Å².